The van der Waals surface area contributed by atoms with Crippen LogP contribution in [-0.4, -0.2) is 51.9 Å². The Kier molecular flexibility index (Phi) is 5.26. The minimum absolute atomic E-state index is 0.0552. The zero-order chi connectivity index (χ0) is 16.4. The van der Waals surface area contributed by atoms with Crippen LogP contribution in [0, 0.1) is 0 Å². The number of aromatic nitrogens is 2. The summed E-state index contributed by atoms with van der Waals surface area (Å²) in [5.74, 6) is -0.0552. The number of rotatable bonds is 4. The maximum Gasteiger partial charge on any atom is 0.270 e. The SMILES string of the molecule is CCc1nc(CN2CCN(C(=O)c3cc(Cl)c(Cl)[nH]3)CC2)cs1. The molecule has 1 aliphatic rings. The molecule has 0 aliphatic carbocycles. The van der Waals surface area contributed by atoms with Crippen molar-refractivity contribution in [2.24, 2.45) is 0 Å². The van der Waals surface area contributed by atoms with E-state index in [1.165, 1.54) is 5.01 Å². The van der Waals surface area contributed by atoms with Gasteiger partial charge in [-0.1, -0.05) is 30.1 Å². The van der Waals surface area contributed by atoms with Gasteiger partial charge in [-0.05, 0) is 12.5 Å². The Bertz CT molecular complexity index is 672. The van der Waals surface area contributed by atoms with E-state index in [1.807, 2.05) is 4.90 Å². The van der Waals surface area contributed by atoms with E-state index < -0.39 is 0 Å². The molecule has 124 valence electrons. The Balaban J connectivity index is 1.54. The number of carbonyl (C=O) groups excluding carboxylic acids is 1. The van der Waals surface area contributed by atoms with Crippen LogP contribution < -0.4 is 0 Å². The summed E-state index contributed by atoms with van der Waals surface area (Å²) in [7, 11) is 0. The van der Waals surface area contributed by atoms with Crippen LogP contribution in [0.4, 0.5) is 0 Å². The standard InChI is InChI=1S/C15H18Cl2N4OS/c1-2-13-18-10(9-23-13)8-20-3-5-21(6-4-20)15(22)12-7-11(16)14(17)19-12/h7,9,19H,2-6,8H2,1H3. The van der Waals surface area contributed by atoms with Gasteiger partial charge < -0.3 is 9.88 Å². The molecule has 8 heteroatoms. The smallest absolute Gasteiger partial charge is 0.270 e. The predicted molar refractivity (Wildman–Crippen MR) is 93.5 cm³/mol. The normalized spacial score (nSPS) is 16.0. The highest BCUT2D eigenvalue weighted by Crippen LogP contribution is 2.23. The minimum Gasteiger partial charge on any atom is -0.340 e. The number of thiazole rings is 1. The number of hydrogen-bond donors (Lipinski definition) is 1. The molecule has 2 aromatic heterocycles. The lowest BCUT2D eigenvalue weighted by Crippen LogP contribution is -2.48. The van der Waals surface area contributed by atoms with E-state index in [0.717, 1.165) is 31.7 Å². The molecule has 3 heterocycles. The quantitative estimate of drug-likeness (QED) is 0.895. The van der Waals surface area contributed by atoms with Gasteiger partial charge in [0.25, 0.3) is 5.91 Å². The Hall–Kier alpha value is -1.08. The van der Waals surface area contributed by atoms with Crippen molar-refractivity contribution in [3.05, 3.63) is 38.0 Å². The van der Waals surface area contributed by atoms with Gasteiger partial charge in [-0.2, -0.15) is 0 Å². The van der Waals surface area contributed by atoms with Crippen LogP contribution >= 0.6 is 34.5 Å². The third-order valence-corrected chi connectivity index (χ3v) is 5.64. The number of nitrogens with zero attached hydrogens (tertiary/aromatic N) is 3. The highest BCUT2D eigenvalue weighted by molar-refractivity contribution is 7.09. The lowest BCUT2D eigenvalue weighted by molar-refractivity contribution is 0.0622. The predicted octanol–water partition coefficient (Wildman–Crippen LogP) is 3.30. The molecule has 1 fully saturated rings. The zero-order valence-electron chi connectivity index (χ0n) is 12.8. The number of aromatic amines is 1. The van der Waals surface area contributed by atoms with Gasteiger partial charge in [0, 0.05) is 38.1 Å². The largest absolute Gasteiger partial charge is 0.340 e. The van der Waals surface area contributed by atoms with Gasteiger partial charge in [0.15, 0.2) is 0 Å². The maximum absolute atomic E-state index is 12.4. The molecule has 0 spiro atoms. The van der Waals surface area contributed by atoms with Crippen LogP contribution in [-0.2, 0) is 13.0 Å². The Labute approximate surface area is 149 Å². The van der Waals surface area contributed by atoms with E-state index in [4.69, 9.17) is 23.2 Å². The van der Waals surface area contributed by atoms with Crippen LogP contribution in [0.3, 0.4) is 0 Å². The lowest BCUT2D eigenvalue weighted by Gasteiger charge is -2.34. The van der Waals surface area contributed by atoms with Crippen molar-refractivity contribution in [2.75, 3.05) is 26.2 Å². The first-order valence-electron chi connectivity index (χ1n) is 7.55. The summed E-state index contributed by atoms with van der Waals surface area (Å²) in [5, 5.41) is 3.99. The molecule has 0 radical (unpaired) electrons. The van der Waals surface area contributed by atoms with Crippen molar-refractivity contribution in [1.29, 1.82) is 0 Å². The highest BCUT2D eigenvalue weighted by atomic mass is 35.5. The number of carbonyl (C=O) groups is 1. The molecule has 1 saturated heterocycles. The van der Waals surface area contributed by atoms with Crippen LogP contribution in [0.25, 0.3) is 0 Å². The molecule has 5 nitrogen and oxygen atoms in total. The first kappa shape index (κ1) is 16.8. The summed E-state index contributed by atoms with van der Waals surface area (Å²) in [6.07, 6.45) is 0.980. The molecule has 0 unspecified atom stereocenters. The van der Waals surface area contributed by atoms with E-state index in [2.05, 4.69) is 27.2 Å². The molecular formula is C15H18Cl2N4OS. The van der Waals surface area contributed by atoms with Crippen molar-refractivity contribution < 1.29 is 4.79 Å². The molecule has 0 aromatic carbocycles. The molecule has 2 aromatic rings. The van der Waals surface area contributed by atoms with Gasteiger partial charge in [0.1, 0.15) is 10.8 Å². The molecule has 3 rings (SSSR count). The van der Waals surface area contributed by atoms with Crippen LogP contribution in [0.5, 0.6) is 0 Å². The summed E-state index contributed by atoms with van der Waals surface area (Å²) >= 11 is 13.5. The fourth-order valence-electron chi connectivity index (χ4n) is 2.61. The second-order valence-corrected chi connectivity index (χ2v) is 7.23. The summed E-state index contributed by atoms with van der Waals surface area (Å²) in [5.41, 5.74) is 1.56. The second kappa shape index (κ2) is 7.21. The third-order valence-electron chi connectivity index (χ3n) is 3.90. The molecule has 0 atom stereocenters. The topological polar surface area (TPSA) is 52.2 Å². The van der Waals surface area contributed by atoms with Crippen LogP contribution in [0.15, 0.2) is 11.4 Å². The molecular weight excluding hydrogens is 355 g/mol. The number of nitrogens with one attached hydrogen (secondary N) is 1. The van der Waals surface area contributed by atoms with Gasteiger partial charge in [-0.25, -0.2) is 4.98 Å². The number of halogens is 2. The zero-order valence-corrected chi connectivity index (χ0v) is 15.1. The fraction of sp³-hybridized carbons (Fsp3) is 0.467. The Morgan fingerprint density at radius 3 is 2.65 bits per heavy atom. The van der Waals surface area contributed by atoms with Gasteiger partial charge >= 0.3 is 0 Å². The molecule has 1 N–H and O–H groups in total. The van der Waals surface area contributed by atoms with Crippen molar-refractivity contribution >= 4 is 40.4 Å². The molecule has 0 saturated carbocycles. The monoisotopic (exact) mass is 372 g/mol. The lowest BCUT2D eigenvalue weighted by atomic mass is 10.2. The van der Waals surface area contributed by atoms with Gasteiger partial charge in [-0.15, -0.1) is 11.3 Å². The van der Waals surface area contributed by atoms with E-state index in [9.17, 15) is 4.79 Å². The number of piperazine rings is 1. The van der Waals surface area contributed by atoms with Gasteiger partial charge in [0.05, 0.1) is 15.7 Å². The van der Waals surface area contributed by atoms with Crippen molar-refractivity contribution in [3.8, 4) is 0 Å². The van der Waals surface area contributed by atoms with Crippen molar-refractivity contribution in [3.63, 3.8) is 0 Å². The first-order valence-corrected chi connectivity index (χ1v) is 9.19. The number of amides is 1. The second-order valence-electron chi connectivity index (χ2n) is 5.50. The van der Waals surface area contributed by atoms with E-state index >= 15 is 0 Å². The molecule has 1 amide bonds. The first-order chi connectivity index (χ1) is 11.1. The number of aryl methyl sites for hydroxylation is 1. The summed E-state index contributed by atoms with van der Waals surface area (Å²) < 4.78 is 0. The number of hydrogen-bond acceptors (Lipinski definition) is 4. The van der Waals surface area contributed by atoms with Crippen LogP contribution in [0.1, 0.15) is 28.1 Å². The third kappa shape index (κ3) is 3.88. The minimum atomic E-state index is -0.0552. The Morgan fingerprint density at radius 2 is 2.09 bits per heavy atom. The Morgan fingerprint density at radius 1 is 1.35 bits per heavy atom. The summed E-state index contributed by atoms with van der Waals surface area (Å²) in [4.78, 5) is 24.0. The van der Waals surface area contributed by atoms with E-state index in [1.54, 1.807) is 17.4 Å². The van der Waals surface area contributed by atoms with Crippen molar-refractivity contribution in [1.82, 2.24) is 19.8 Å². The van der Waals surface area contributed by atoms with Gasteiger partial charge in [0.2, 0.25) is 0 Å². The molecule has 23 heavy (non-hydrogen) atoms. The fourth-order valence-corrected chi connectivity index (χ4v) is 3.66. The maximum atomic E-state index is 12.4. The van der Waals surface area contributed by atoms with Gasteiger partial charge in [-0.3, -0.25) is 9.69 Å². The summed E-state index contributed by atoms with van der Waals surface area (Å²) in [6.45, 7) is 6.03. The average Bonchev–Trinajstić information content (AvgIpc) is 3.14. The van der Waals surface area contributed by atoms with Crippen LogP contribution in [0.2, 0.25) is 10.2 Å². The van der Waals surface area contributed by atoms with Crippen molar-refractivity contribution in [2.45, 2.75) is 19.9 Å². The van der Waals surface area contributed by atoms with E-state index in [0.29, 0.717) is 29.0 Å². The average molecular weight is 373 g/mol. The number of H-pyrrole nitrogens is 1. The summed E-state index contributed by atoms with van der Waals surface area (Å²) in [6, 6.07) is 1.58. The highest BCUT2D eigenvalue weighted by Gasteiger charge is 2.24. The molecule has 1 aliphatic heterocycles. The molecule has 0 bridgehead atoms. The van der Waals surface area contributed by atoms with E-state index in [-0.39, 0.29) is 5.91 Å².